The summed E-state index contributed by atoms with van der Waals surface area (Å²) in [7, 11) is 0. The van der Waals surface area contributed by atoms with Gasteiger partial charge in [-0.25, -0.2) is 0 Å². The van der Waals surface area contributed by atoms with Crippen molar-refractivity contribution in [1.82, 2.24) is 0 Å². The van der Waals surface area contributed by atoms with Crippen molar-refractivity contribution in [3.05, 3.63) is 60.7 Å². The lowest BCUT2D eigenvalue weighted by molar-refractivity contribution is -0.151. The van der Waals surface area contributed by atoms with Crippen LogP contribution in [0.15, 0.2) is 70.5 Å². The van der Waals surface area contributed by atoms with Crippen LogP contribution >= 0.6 is 23.5 Å². The predicted octanol–water partition coefficient (Wildman–Crippen LogP) is 4.80. The molecule has 1 fully saturated rings. The minimum Gasteiger partial charge on any atom is -0.390 e. The number of hydrogen-bond acceptors (Lipinski definition) is 5. The molecule has 3 rings (SSSR count). The van der Waals surface area contributed by atoms with Crippen LogP contribution in [0.2, 0.25) is 0 Å². The summed E-state index contributed by atoms with van der Waals surface area (Å²) in [4.78, 5) is 2.40. The van der Waals surface area contributed by atoms with E-state index >= 15 is 0 Å². The summed E-state index contributed by atoms with van der Waals surface area (Å²) >= 11 is 3.55. The van der Waals surface area contributed by atoms with Gasteiger partial charge in [-0.3, -0.25) is 0 Å². The van der Waals surface area contributed by atoms with Crippen molar-refractivity contribution in [3.63, 3.8) is 0 Å². The van der Waals surface area contributed by atoms with Crippen LogP contribution in [0.4, 0.5) is 0 Å². The van der Waals surface area contributed by atoms with Gasteiger partial charge in [-0.1, -0.05) is 36.4 Å². The monoisotopic (exact) mass is 376 g/mol. The smallest absolute Gasteiger partial charge is 0.163 e. The molecule has 0 aliphatic carbocycles. The molecule has 25 heavy (non-hydrogen) atoms. The van der Waals surface area contributed by atoms with Gasteiger partial charge in [0.25, 0.3) is 0 Å². The highest BCUT2D eigenvalue weighted by Gasteiger charge is 2.37. The van der Waals surface area contributed by atoms with E-state index in [0.717, 1.165) is 0 Å². The summed E-state index contributed by atoms with van der Waals surface area (Å²) in [5.41, 5.74) is 0. The highest BCUT2D eigenvalue weighted by atomic mass is 32.2. The lowest BCUT2D eigenvalue weighted by Gasteiger charge is -2.24. The number of aliphatic hydroxyl groups is 1. The first kappa shape index (κ1) is 18.8. The fourth-order valence-electron chi connectivity index (χ4n) is 2.68. The van der Waals surface area contributed by atoms with E-state index in [1.165, 1.54) is 9.79 Å². The maximum Gasteiger partial charge on any atom is 0.163 e. The summed E-state index contributed by atoms with van der Waals surface area (Å²) < 4.78 is 11.6. The van der Waals surface area contributed by atoms with Crippen molar-refractivity contribution in [1.29, 1.82) is 0 Å². The maximum absolute atomic E-state index is 10.7. The molecule has 134 valence electrons. The first-order valence-corrected chi connectivity index (χ1v) is 10.2. The highest BCUT2D eigenvalue weighted by Crippen LogP contribution is 2.39. The summed E-state index contributed by atoms with van der Waals surface area (Å²) in [6.07, 6.45) is -0.201. The van der Waals surface area contributed by atoms with E-state index in [4.69, 9.17) is 9.47 Å². The van der Waals surface area contributed by atoms with Gasteiger partial charge in [0, 0.05) is 9.79 Å². The van der Waals surface area contributed by atoms with Gasteiger partial charge in [0.2, 0.25) is 0 Å². The quantitative estimate of drug-likeness (QED) is 0.555. The van der Waals surface area contributed by atoms with Crippen LogP contribution in [0, 0.1) is 0 Å². The average molecular weight is 377 g/mol. The Bertz CT molecular complexity index is 607. The van der Waals surface area contributed by atoms with Crippen molar-refractivity contribution in [2.75, 3.05) is 6.61 Å². The van der Waals surface area contributed by atoms with E-state index in [0.29, 0.717) is 13.0 Å². The van der Waals surface area contributed by atoms with Crippen molar-refractivity contribution >= 4 is 23.5 Å². The Morgan fingerprint density at radius 3 is 1.96 bits per heavy atom. The Morgan fingerprint density at radius 1 is 1.00 bits per heavy atom. The van der Waals surface area contributed by atoms with E-state index in [2.05, 4.69) is 24.3 Å². The average Bonchev–Trinajstić information content (AvgIpc) is 2.97. The van der Waals surface area contributed by atoms with Crippen molar-refractivity contribution < 1.29 is 14.6 Å². The third-order valence-corrected chi connectivity index (χ3v) is 6.49. The molecule has 2 atom stereocenters. The molecule has 2 aromatic carbocycles. The number of ether oxygens (including phenoxy) is 2. The molecule has 1 saturated heterocycles. The van der Waals surface area contributed by atoms with Crippen molar-refractivity contribution in [2.24, 2.45) is 0 Å². The Hall–Kier alpha value is -0.980. The lowest BCUT2D eigenvalue weighted by atomic mass is 10.2. The van der Waals surface area contributed by atoms with E-state index in [1.807, 2.05) is 50.2 Å². The van der Waals surface area contributed by atoms with Gasteiger partial charge in [0.1, 0.15) is 6.10 Å². The molecule has 0 unspecified atom stereocenters. The highest BCUT2D eigenvalue weighted by molar-refractivity contribution is 8.17. The number of hydrogen-bond donors (Lipinski definition) is 1. The molecular formula is C20H24O3S2. The van der Waals surface area contributed by atoms with Crippen LogP contribution in [-0.4, -0.2) is 34.3 Å². The third-order valence-electron chi connectivity index (χ3n) is 3.91. The second-order valence-electron chi connectivity index (χ2n) is 6.46. The lowest BCUT2D eigenvalue weighted by Crippen LogP contribution is -2.32. The molecule has 0 spiro atoms. The van der Waals surface area contributed by atoms with Gasteiger partial charge < -0.3 is 14.6 Å². The first-order chi connectivity index (χ1) is 12.0. The van der Waals surface area contributed by atoms with Gasteiger partial charge in [-0.15, -0.1) is 23.5 Å². The van der Waals surface area contributed by atoms with Crippen LogP contribution in [0.25, 0.3) is 0 Å². The van der Waals surface area contributed by atoms with Crippen molar-refractivity contribution in [2.45, 2.75) is 52.6 Å². The van der Waals surface area contributed by atoms with Crippen LogP contribution in [0.1, 0.15) is 20.3 Å². The molecule has 1 aliphatic heterocycles. The molecule has 1 aliphatic rings. The Labute approximate surface area is 158 Å². The van der Waals surface area contributed by atoms with Crippen LogP contribution < -0.4 is 0 Å². The van der Waals surface area contributed by atoms with E-state index < -0.39 is 11.9 Å². The molecule has 3 nitrogen and oxygen atoms in total. The summed E-state index contributed by atoms with van der Waals surface area (Å²) in [5.74, 6) is -0.611. The van der Waals surface area contributed by atoms with Gasteiger partial charge in [-0.05, 0) is 44.5 Å². The molecular weight excluding hydrogens is 352 g/mol. The zero-order valence-corrected chi connectivity index (χ0v) is 16.1. The van der Waals surface area contributed by atoms with Gasteiger partial charge in [-0.2, -0.15) is 0 Å². The number of aliphatic hydroxyl groups excluding tert-OH is 1. The largest absolute Gasteiger partial charge is 0.390 e. The zero-order chi connectivity index (χ0) is 17.7. The second kappa shape index (κ2) is 8.60. The molecule has 0 radical (unpaired) electrons. The van der Waals surface area contributed by atoms with Gasteiger partial charge >= 0.3 is 0 Å². The topological polar surface area (TPSA) is 38.7 Å². The second-order valence-corrected chi connectivity index (χ2v) is 9.31. The van der Waals surface area contributed by atoms with Gasteiger partial charge in [0.15, 0.2) is 5.79 Å². The number of thioether (sulfide) groups is 2. The molecule has 5 heteroatoms. The van der Waals surface area contributed by atoms with Crippen LogP contribution in [-0.2, 0) is 9.47 Å². The molecule has 0 saturated carbocycles. The normalized spacial score (nSPS) is 20.7. The molecule has 2 aromatic rings. The summed E-state index contributed by atoms with van der Waals surface area (Å²) in [5, 5.41) is 10.7. The number of benzene rings is 2. The third kappa shape index (κ3) is 5.76. The van der Waals surface area contributed by atoms with E-state index in [-0.39, 0.29) is 10.7 Å². The van der Waals surface area contributed by atoms with E-state index in [1.54, 1.807) is 23.5 Å². The molecule has 1 N–H and O–H groups in total. The van der Waals surface area contributed by atoms with Crippen LogP contribution in [0.5, 0.6) is 0 Å². The fourth-order valence-corrected chi connectivity index (χ4v) is 5.36. The molecule has 0 bridgehead atoms. The standard InChI is InChI=1S/C20H24O3S2/c1-20(2)22-14-18(23-20)17(21)13-19(24-15-9-5-3-6-10-15)25-16-11-7-4-8-12-16/h3-12,17-19,21H,13-14H2,1-2H3/t17-,18-/m0/s1. The Kier molecular flexibility index (Phi) is 6.47. The number of rotatable bonds is 7. The minimum atomic E-state index is -0.611. The first-order valence-electron chi connectivity index (χ1n) is 8.45. The predicted molar refractivity (Wildman–Crippen MR) is 104 cm³/mol. The summed E-state index contributed by atoms with van der Waals surface area (Å²) in [6, 6.07) is 20.6. The van der Waals surface area contributed by atoms with Crippen molar-refractivity contribution in [3.8, 4) is 0 Å². The van der Waals surface area contributed by atoms with Gasteiger partial charge in [0.05, 0.1) is 17.3 Å². The van der Waals surface area contributed by atoms with Crippen LogP contribution in [0.3, 0.4) is 0 Å². The Morgan fingerprint density at radius 2 is 1.52 bits per heavy atom. The fraction of sp³-hybridized carbons (Fsp3) is 0.400. The molecule has 0 aromatic heterocycles. The molecule has 1 heterocycles. The minimum absolute atomic E-state index is 0.187. The summed E-state index contributed by atoms with van der Waals surface area (Å²) in [6.45, 7) is 4.20. The maximum atomic E-state index is 10.7. The SMILES string of the molecule is CC1(C)OC[C@@H]([C@@H](O)CC(Sc2ccccc2)Sc2ccccc2)O1. The van der Waals surface area contributed by atoms with E-state index in [9.17, 15) is 5.11 Å². The zero-order valence-electron chi connectivity index (χ0n) is 14.5. The Balaban J connectivity index is 1.67. The molecule has 0 amide bonds.